The summed E-state index contributed by atoms with van der Waals surface area (Å²) in [4.78, 5) is 11.8. The Morgan fingerprint density at radius 2 is 1.86 bits per heavy atom. The van der Waals surface area contributed by atoms with Gasteiger partial charge in [0.1, 0.15) is 18.7 Å². The Bertz CT molecular complexity index is 732. The van der Waals surface area contributed by atoms with Crippen LogP contribution in [0.15, 0.2) is 41.8 Å². The third-order valence-corrected chi connectivity index (χ3v) is 4.32. The molecule has 3 N–H and O–H groups in total. The molecule has 118 valence electrons. The molecule has 22 heavy (non-hydrogen) atoms. The second-order valence-corrected chi connectivity index (χ2v) is 6.31. The molecule has 0 bridgehead atoms. The molecule has 2 rings (SSSR count). The second kappa shape index (κ2) is 6.83. The van der Waals surface area contributed by atoms with Gasteiger partial charge in [-0.25, -0.2) is 13.1 Å². The number of aliphatic hydroxyl groups is 1. The Morgan fingerprint density at radius 1 is 1.27 bits per heavy atom. The summed E-state index contributed by atoms with van der Waals surface area (Å²) in [7, 11) is -3.98. The van der Waals surface area contributed by atoms with Crippen LogP contribution >= 0.6 is 11.6 Å². The van der Waals surface area contributed by atoms with Gasteiger partial charge in [-0.2, -0.15) is 4.72 Å². The number of aromatic nitrogens is 3. The number of carbonyl (C=O) groups excluding carboxylic acids is 1. The van der Waals surface area contributed by atoms with E-state index in [0.717, 1.165) is 4.68 Å². The summed E-state index contributed by atoms with van der Waals surface area (Å²) in [5.74, 6) is -0.764. The van der Waals surface area contributed by atoms with E-state index in [-0.39, 0.29) is 4.90 Å². The highest BCUT2D eigenvalue weighted by Gasteiger charge is 2.25. The van der Waals surface area contributed by atoms with E-state index >= 15 is 0 Å². The van der Waals surface area contributed by atoms with Gasteiger partial charge in [0.25, 0.3) is 5.91 Å². The molecule has 0 aliphatic rings. The minimum Gasteiger partial charge on any atom is -0.394 e. The first-order chi connectivity index (χ1) is 10.4. The number of nitrogens with zero attached hydrogens (tertiary/aromatic N) is 3. The van der Waals surface area contributed by atoms with Crippen molar-refractivity contribution in [3.8, 4) is 0 Å². The number of rotatable bonds is 6. The number of hydrogen-bond donors (Lipinski definition) is 3. The summed E-state index contributed by atoms with van der Waals surface area (Å²) >= 11 is 5.69. The first kappa shape index (κ1) is 16.4. The van der Waals surface area contributed by atoms with E-state index in [4.69, 9.17) is 11.6 Å². The van der Waals surface area contributed by atoms with Crippen molar-refractivity contribution < 1.29 is 18.3 Å². The highest BCUT2D eigenvalue weighted by Crippen LogP contribution is 2.14. The Morgan fingerprint density at radius 3 is 2.41 bits per heavy atom. The van der Waals surface area contributed by atoms with Gasteiger partial charge >= 0.3 is 0 Å². The Hall–Kier alpha value is -2.01. The van der Waals surface area contributed by atoms with Gasteiger partial charge in [-0.15, -0.1) is 10.2 Å². The van der Waals surface area contributed by atoms with Crippen LogP contribution in [0, 0.1) is 0 Å². The van der Waals surface area contributed by atoms with Crippen LogP contribution in [0.4, 0.5) is 0 Å². The van der Waals surface area contributed by atoms with Crippen LogP contribution < -0.4 is 10.1 Å². The molecule has 2 aromatic rings. The molecule has 0 aliphatic carbocycles. The summed E-state index contributed by atoms with van der Waals surface area (Å²) in [6, 6.07) is 4.01. The van der Waals surface area contributed by atoms with Crippen LogP contribution in [0.2, 0.25) is 5.02 Å². The first-order valence-corrected chi connectivity index (χ1v) is 7.83. The average Bonchev–Trinajstić information content (AvgIpc) is 2.98. The van der Waals surface area contributed by atoms with E-state index in [2.05, 4.69) is 20.3 Å². The lowest BCUT2D eigenvalue weighted by atomic mass is 10.3. The lowest BCUT2D eigenvalue weighted by Gasteiger charge is -2.16. The van der Waals surface area contributed by atoms with Crippen LogP contribution in [-0.4, -0.2) is 47.0 Å². The van der Waals surface area contributed by atoms with Crippen molar-refractivity contribution in [3.63, 3.8) is 0 Å². The predicted molar refractivity (Wildman–Crippen MR) is 77.0 cm³/mol. The number of halogens is 1. The molecule has 1 aromatic heterocycles. The van der Waals surface area contributed by atoms with Gasteiger partial charge in [-0.3, -0.25) is 10.2 Å². The van der Waals surface area contributed by atoms with E-state index in [9.17, 15) is 18.3 Å². The van der Waals surface area contributed by atoms with Crippen molar-refractivity contribution in [2.75, 3.05) is 12.0 Å². The van der Waals surface area contributed by atoms with E-state index < -0.39 is 28.6 Å². The van der Waals surface area contributed by atoms with Crippen molar-refractivity contribution in [2.45, 2.75) is 10.9 Å². The molecular formula is C11H12ClN5O4S. The highest BCUT2D eigenvalue weighted by molar-refractivity contribution is 7.89. The smallest absolute Gasteiger partial charge is 0.259 e. The normalized spacial score (nSPS) is 12.8. The maximum absolute atomic E-state index is 12.1. The molecule has 0 saturated carbocycles. The van der Waals surface area contributed by atoms with Crippen LogP contribution in [0.5, 0.6) is 0 Å². The van der Waals surface area contributed by atoms with Crippen LogP contribution in [0.1, 0.15) is 0 Å². The monoisotopic (exact) mass is 345 g/mol. The lowest BCUT2D eigenvalue weighted by Crippen LogP contribution is -2.47. The zero-order chi connectivity index (χ0) is 16.2. The third-order valence-electron chi connectivity index (χ3n) is 2.58. The van der Waals surface area contributed by atoms with Gasteiger partial charge in [-0.1, -0.05) is 11.6 Å². The Labute approximate surface area is 130 Å². The van der Waals surface area contributed by atoms with E-state index in [1.54, 1.807) is 0 Å². The Kier molecular flexibility index (Phi) is 5.08. The fourth-order valence-corrected chi connectivity index (χ4v) is 2.82. The molecule has 1 heterocycles. The van der Waals surface area contributed by atoms with E-state index in [1.807, 2.05) is 0 Å². The maximum atomic E-state index is 12.1. The van der Waals surface area contributed by atoms with Gasteiger partial charge in [0, 0.05) is 5.02 Å². The second-order valence-electron chi connectivity index (χ2n) is 4.16. The van der Waals surface area contributed by atoms with Crippen molar-refractivity contribution >= 4 is 27.5 Å². The molecule has 1 unspecified atom stereocenters. The largest absolute Gasteiger partial charge is 0.394 e. The van der Waals surface area contributed by atoms with Crippen LogP contribution in [0.3, 0.4) is 0 Å². The summed E-state index contributed by atoms with van der Waals surface area (Å²) in [5, 5.41) is 16.6. The van der Waals surface area contributed by atoms with E-state index in [0.29, 0.717) is 5.02 Å². The van der Waals surface area contributed by atoms with E-state index in [1.165, 1.54) is 36.9 Å². The highest BCUT2D eigenvalue weighted by atomic mass is 35.5. The molecule has 0 spiro atoms. The Balaban J connectivity index is 2.11. The fourth-order valence-electron chi connectivity index (χ4n) is 1.51. The van der Waals surface area contributed by atoms with Gasteiger partial charge in [0.2, 0.25) is 10.0 Å². The minimum absolute atomic E-state index is 0.0764. The van der Waals surface area contributed by atoms with Gasteiger partial charge in [0.15, 0.2) is 0 Å². The molecule has 0 aliphatic heterocycles. The topological polar surface area (TPSA) is 126 Å². The van der Waals surface area contributed by atoms with Crippen LogP contribution in [-0.2, 0) is 14.8 Å². The maximum Gasteiger partial charge on any atom is 0.259 e. The molecule has 9 nitrogen and oxygen atoms in total. The fraction of sp³-hybridized carbons (Fsp3) is 0.182. The lowest BCUT2D eigenvalue weighted by molar-refractivity contribution is -0.119. The van der Waals surface area contributed by atoms with Crippen molar-refractivity contribution in [2.24, 2.45) is 0 Å². The number of amides is 1. The molecule has 0 saturated heterocycles. The number of carbonyl (C=O) groups is 1. The number of benzene rings is 1. The first-order valence-electron chi connectivity index (χ1n) is 5.96. The number of sulfonamides is 1. The third kappa shape index (κ3) is 4.01. The minimum atomic E-state index is -3.98. The average molecular weight is 346 g/mol. The van der Waals surface area contributed by atoms with Gasteiger partial charge in [0.05, 0.1) is 11.5 Å². The van der Waals surface area contributed by atoms with Gasteiger partial charge in [-0.05, 0) is 24.3 Å². The van der Waals surface area contributed by atoms with Crippen molar-refractivity contribution in [1.29, 1.82) is 0 Å². The standard InChI is InChI=1S/C11H12ClN5O4S/c12-8-1-3-9(4-2-8)22(20,21)16-10(5-18)11(19)15-17-6-13-14-7-17/h1-4,6-7,10,16,18H,5H2,(H,15,19). The summed E-state index contributed by atoms with van der Waals surface area (Å²) < 4.78 is 27.5. The molecular weight excluding hydrogens is 334 g/mol. The van der Waals surface area contributed by atoms with Gasteiger partial charge < -0.3 is 5.11 Å². The summed E-state index contributed by atoms with van der Waals surface area (Å²) in [5.41, 5.74) is 2.30. The SMILES string of the molecule is O=C(Nn1cnnc1)C(CO)NS(=O)(=O)c1ccc(Cl)cc1. The molecule has 0 radical (unpaired) electrons. The molecule has 1 aromatic carbocycles. The number of nitrogens with one attached hydrogen (secondary N) is 2. The molecule has 0 fully saturated rings. The molecule has 11 heteroatoms. The van der Waals surface area contributed by atoms with Crippen LogP contribution in [0.25, 0.3) is 0 Å². The summed E-state index contributed by atoms with van der Waals surface area (Å²) in [6.07, 6.45) is 2.42. The van der Waals surface area contributed by atoms with Crippen molar-refractivity contribution in [3.05, 3.63) is 41.9 Å². The quantitative estimate of drug-likeness (QED) is 0.638. The van der Waals surface area contributed by atoms with Crippen molar-refractivity contribution in [1.82, 2.24) is 19.6 Å². The molecule has 1 amide bonds. The zero-order valence-corrected chi connectivity index (χ0v) is 12.6. The number of hydrogen-bond acceptors (Lipinski definition) is 6. The predicted octanol–water partition coefficient (Wildman–Crippen LogP) is -0.659. The zero-order valence-electron chi connectivity index (χ0n) is 11.0. The number of aliphatic hydroxyl groups excluding tert-OH is 1. The molecule has 1 atom stereocenters. The summed E-state index contributed by atoms with van der Waals surface area (Å²) in [6.45, 7) is -0.721.